The number of aliphatic hydroxyl groups is 1. The molecule has 2 atom stereocenters. The number of hydrogen-bond acceptors (Lipinski definition) is 7. The Morgan fingerprint density at radius 3 is 2.31 bits per heavy atom. The van der Waals surface area contributed by atoms with Crippen molar-refractivity contribution in [2.24, 2.45) is 5.92 Å². The van der Waals surface area contributed by atoms with E-state index in [9.17, 15) is 14.7 Å². The Hall–Kier alpha value is -2.06. The minimum absolute atomic E-state index is 0.0250. The minimum Gasteiger partial charge on any atom is -0.496 e. The van der Waals surface area contributed by atoms with Gasteiger partial charge in [-0.05, 0) is 34.8 Å². The zero-order chi connectivity index (χ0) is 19.9. The van der Waals surface area contributed by atoms with Gasteiger partial charge in [-0.25, -0.2) is 4.79 Å². The number of rotatable bonds is 9. The second-order valence-corrected chi connectivity index (χ2v) is 6.54. The molecule has 0 aliphatic rings. The summed E-state index contributed by atoms with van der Waals surface area (Å²) in [5.74, 6) is -0.647. The van der Waals surface area contributed by atoms with Crippen LogP contribution in [0.3, 0.4) is 0 Å². The van der Waals surface area contributed by atoms with Gasteiger partial charge in [-0.15, -0.1) is 0 Å². The number of benzene rings is 1. The van der Waals surface area contributed by atoms with Crippen LogP contribution in [0.4, 0.5) is 0 Å². The highest BCUT2D eigenvalue weighted by Gasteiger charge is 2.25. The molecule has 0 saturated carbocycles. The molecule has 2 unspecified atom stereocenters. The van der Waals surface area contributed by atoms with Crippen molar-refractivity contribution >= 4 is 27.7 Å². The average molecular weight is 430 g/mol. The molecule has 144 valence electrons. The Labute approximate surface area is 161 Å². The van der Waals surface area contributed by atoms with Gasteiger partial charge < -0.3 is 24.6 Å². The highest BCUT2D eigenvalue weighted by molar-refractivity contribution is 9.10. The third kappa shape index (κ3) is 5.22. The molecule has 0 bridgehead atoms. The van der Waals surface area contributed by atoms with Crippen LogP contribution in [0, 0.1) is 5.92 Å². The van der Waals surface area contributed by atoms with Crippen LogP contribution in [0.5, 0.6) is 11.5 Å². The molecule has 0 amide bonds. The molecule has 1 aromatic carbocycles. The second kappa shape index (κ2) is 10.2. The minimum atomic E-state index is -0.777. The van der Waals surface area contributed by atoms with Crippen molar-refractivity contribution in [2.75, 3.05) is 27.9 Å². The molecular weight excluding hydrogens is 406 g/mol. The highest BCUT2D eigenvalue weighted by atomic mass is 79.9. The van der Waals surface area contributed by atoms with Crippen molar-refractivity contribution in [3.05, 3.63) is 33.9 Å². The third-order valence-electron chi connectivity index (χ3n) is 4.00. The van der Waals surface area contributed by atoms with Crippen LogP contribution in [0.1, 0.15) is 24.2 Å². The van der Waals surface area contributed by atoms with Crippen molar-refractivity contribution < 1.29 is 28.9 Å². The fraction of sp³-hybridized carbons (Fsp3) is 0.444. The van der Waals surface area contributed by atoms with Crippen LogP contribution in [0.15, 0.2) is 28.4 Å². The van der Waals surface area contributed by atoms with Crippen LogP contribution in [-0.2, 0) is 9.53 Å². The SMILES string of the molecule is COC(=O)C(=CNC(C)C(C)CO)C(=O)c1cc(Br)c(OC)cc1OC. The van der Waals surface area contributed by atoms with E-state index >= 15 is 0 Å². The van der Waals surface area contributed by atoms with E-state index in [1.807, 2.05) is 13.8 Å². The molecular formula is C18H24BrNO6. The van der Waals surface area contributed by atoms with Crippen molar-refractivity contribution in [3.63, 3.8) is 0 Å². The Balaban J connectivity index is 3.29. The molecule has 0 aliphatic heterocycles. The number of ether oxygens (including phenoxy) is 3. The highest BCUT2D eigenvalue weighted by Crippen LogP contribution is 2.34. The molecule has 1 aromatic rings. The Morgan fingerprint density at radius 2 is 1.81 bits per heavy atom. The van der Waals surface area contributed by atoms with E-state index in [1.165, 1.54) is 33.6 Å². The number of ketones is 1. The molecule has 0 heterocycles. The summed E-state index contributed by atoms with van der Waals surface area (Å²) in [7, 11) is 4.11. The number of methoxy groups -OCH3 is 3. The number of Topliss-reactive ketones (excluding diaryl/α,β-unsaturated/α-hetero) is 1. The summed E-state index contributed by atoms with van der Waals surface area (Å²) in [6, 6.07) is 2.92. The summed E-state index contributed by atoms with van der Waals surface area (Å²) in [6.07, 6.45) is 1.31. The number of carbonyl (C=O) groups is 2. The lowest BCUT2D eigenvalue weighted by Crippen LogP contribution is -2.31. The summed E-state index contributed by atoms with van der Waals surface area (Å²) in [4.78, 5) is 25.0. The first-order valence-corrected chi connectivity index (χ1v) is 8.71. The van der Waals surface area contributed by atoms with Gasteiger partial charge in [0, 0.05) is 24.9 Å². The number of halogens is 1. The summed E-state index contributed by atoms with van der Waals surface area (Å²) < 4.78 is 15.7. The van der Waals surface area contributed by atoms with Gasteiger partial charge in [0.25, 0.3) is 0 Å². The molecule has 26 heavy (non-hydrogen) atoms. The summed E-state index contributed by atoms with van der Waals surface area (Å²) in [5.41, 5.74) is 0.00124. The summed E-state index contributed by atoms with van der Waals surface area (Å²) in [6.45, 7) is 3.65. The molecule has 0 radical (unpaired) electrons. The Kier molecular flexibility index (Phi) is 8.60. The van der Waals surface area contributed by atoms with Gasteiger partial charge in [-0.3, -0.25) is 4.79 Å². The molecule has 7 nitrogen and oxygen atoms in total. The van der Waals surface area contributed by atoms with Crippen molar-refractivity contribution in [3.8, 4) is 11.5 Å². The number of carbonyl (C=O) groups excluding carboxylic acids is 2. The maximum absolute atomic E-state index is 12.9. The fourth-order valence-electron chi connectivity index (χ4n) is 2.05. The zero-order valence-corrected chi connectivity index (χ0v) is 17.0. The van der Waals surface area contributed by atoms with Crippen molar-refractivity contribution in [1.29, 1.82) is 0 Å². The van der Waals surface area contributed by atoms with E-state index in [0.29, 0.717) is 10.2 Å². The maximum Gasteiger partial charge on any atom is 0.343 e. The Morgan fingerprint density at radius 1 is 1.19 bits per heavy atom. The maximum atomic E-state index is 12.9. The first-order valence-electron chi connectivity index (χ1n) is 7.92. The molecule has 1 rings (SSSR count). The van der Waals surface area contributed by atoms with E-state index < -0.39 is 11.8 Å². The predicted molar refractivity (Wildman–Crippen MR) is 101 cm³/mol. The third-order valence-corrected chi connectivity index (χ3v) is 4.62. The molecule has 2 N–H and O–H groups in total. The molecule has 0 aromatic heterocycles. The van der Waals surface area contributed by atoms with Crippen LogP contribution >= 0.6 is 15.9 Å². The number of hydrogen-bond donors (Lipinski definition) is 2. The zero-order valence-electron chi connectivity index (χ0n) is 15.5. The van der Waals surface area contributed by atoms with Gasteiger partial charge in [-0.2, -0.15) is 0 Å². The molecule has 0 spiro atoms. The summed E-state index contributed by atoms with van der Waals surface area (Å²) in [5, 5.41) is 12.2. The van der Waals surface area contributed by atoms with Gasteiger partial charge in [0.2, 0.25) is 5.78 Å². The molecule has 0 fully saturated rings. The van der Waals surface area contributed by atoms with E-state index in [-0.39, 0.29) is 35.5 Å². The molecule has 8 heteroatoms. The Bertz CT molecular complexity index is 689. The number of nitrogens with one attached hydrogen (secondary N) is 1. The van der Waals surface area contributed by atoms with Crippen LogP contribution < -0.4 is 14.8 Å². The monoisotopic (exact) mass is 429 g/mol. The lowest BCUT2D eigenvalue weighted by atomic mass is 10.0. The predicted octanol–water partition coefficient (Wildman–Crippen LogP) is 2.31. The number of aliphatic hydroxyl groups excluding tert-OH is 1. The molecule has 0 aliphatic carbocycles. The van der Waals surface area contributed by atoms with Gasteiger partial charge >= 0.3 is 5.97 Å². The van der Waals surface area contributed by atoms with Crippen LogP contribution in [0.25, 0.3) is 0 Å². The van der Waals surface area contributed by atoms with Crippen LogP contribution in [0.2, 0.25) is 0 Å². The smallest absolute Gasteiger partial charge is 0.343 e. The normalized spacial score (nSPS) is 13.6. The lowest BCUT2D eigenvalue weighted by Gasteiger charge is -2.18. The number of esters is 1. The van der Waals surface area contributed by atoms with Crippen LogP contribution in [-0.4, -0.2) is 50.8 Å². The van der Waals surface area contributed by atoms with E-state index in [0.717, 1.165) is 0 Å². The van der Waals surface area contributed by atoms with E-state index in [4.69, 9.17) is 14.2 Å². The van der Waals surface area contributed by atoms with E-state index in [2.05, 4.69) is 21.2 Å². The van der Waals surface area contributed by atoms with Gasteiger partial charge in [-0.1, -0.05) is 6.92 Å². The quantitative estimate of drug-likeness (QED) is 0.204. The lowest BCUT2D eigenvalue weighted by molar-refractivity contribution is -0.135. The van der Waals surface area contributed by atoms with Gasteiger partial charge in [0.05, 0.1) is 31.4 Å². The first kappa shape index (κ1) is 22.0. The largest absolute Gasteiger partial charge is 0.496 e. The topological polar surface area (TPSA) is 94.1 Å². The van der Waals surface area contributed by atoms with E-state index in [1.54, 1.807) is 6.07 Å². The molecule has 0 saturated heterocycles. The standard InChI is InChI=1S/C18H24BrNO6/c1-10(9-21)11(2)20-8-13(18(23)26-5)17(22)12-6-14(19)16(25-4)7-15(12)24-3/h6-8,10-11,20-21H,9H2,1-5H3. The summed E-state index contributed by atoms with van der Waals surface area (Å²) >= 11 is 3.32. The fourth-order valence-corrected chi connectivity index (χ4v) is 2.55. The van der Waals surface area contributed by atoms with Crippen molar-refractivity contribution in [2.45, 2.75) is 19.9 Å². The average Bonchev–Trinajstić information content (AvgIpc) is 2.66. The van der Waals surface area contributed by atoms with Gasteiger partial charge in [0.15, 0.2) is 0 Å². The van der Waals surface area contributed by atoms with Gasteiger partial charge in [0.1, 0.15) is 17.1 Å². The van der Waals surface area contributed by atoms with Crippen molar-refractivity contribution in [1.82, 2.24) is 5.32 Å². The second-order valence-electron chi connectivity index (χ2n) is 5.68. The first-order chi connectivity index (χ1) is 12.3.